The van der Waals surface area contributed by atoms with Crippen molar-refractivity contribution in [3.05, 3.63) is 154 Å². The first-order valence-corrected chi connectivity index (χ1v) is 22.1. The maximum Gasteiger partial charge on any atom is 0.351 e. The van der Waals surface area contributed by atoms with Gasteiger partial charge in [0.2, 0.25) is 0 Å². The fourth-order valence-electron chi connectivity index (χ4n) is 8.22. The molecule has 15 heteroatoms. The van der Waals surface area contributed by atoms with E-state index in [1.807, 2.05) is 84.9 Å². The van der Waals surface area contributed by atoms with Gasteiger partial charge < -0.3 is 38.0 Å². The standard InChI is InChI=1S/C48H54N5O9P/c1-32(2)53(33(3)4)63(60-28-14-27-49)62-42-41-45(52-29-34(5)43(51-46(52)55)50-44(54)35-15-10-8-11-16-35)61-47(42,30-58-41)31-59-48(36-17-12-9-13-18-36,37-19-23-39(56-6)24-20-37)38-21-25-40(57-7)26-22-38/h8-13,15-26,29,32-33,41-42,45H,14,28,30-31H2,1-7H3,(H,50,51,54,55)/t41-,42+,45+,47-,63?/m0/s1. The van der Waals surface area contributed by atoms with Crippen LogP contribution in [0.15, 0.2) is 120 Å². The molecule has 2 aliphatic heterocycles. The Bertz CT molecular complexity index is 2360. The molecule has 330 valence electrons. The lowest BCUT2D eigenvalue weighted by molar-refractivity contribution is -0.203. The van der Waals surface area contributed by atoms with E-state index in [2.05, 4.69) is 48.7 Å². The van der Waals surface area contributed by atoms with Gasteiger partial charge in [0.15, 0.2) is 6.23 Å². The van der Waals surface area contributed by atoms with Gasteiger partial charge in [-0.1, -0.05) is 72.8 Å². The summed E-state index contributed by atoms with van der Waals surface area (Å²) in [5, 5.41) is 12.2. The van der Waals surface area contributed by atoms with E-state index in [1.54, 1.807) is 51.6 Å². The van der Waals surface area contributed by atoms with E-state index < -0.39 is 49.8 Å². The summed E-state index contributed by atoms with van der Waals surface area (Å²) in [6.07, 6.45) is -0.890. The molecular formula is C48H54N5O9P. The summed E-state index contributed by atoms with van der Waals surface area (Å²) < 4.78 is 49.3. The van der Waals surface area contributed by atoms with Crippen LogP contribution in [0.3, 0.4) is 0 Å². The van der Waals surface area contributed by atoms with Crippen LogP contribution >= 0.6 is 8.53 Å². The van der Waals surface area contributed by atoms with Crippen molar-refractivity contribution in [2.45, 2.75) is 82.8 Å². The predicted octanol–water partition coefficient (Wildman–Crippen LogP) is 8.16. The number of amides is 1. The monoisotopic (exact) mass is 875 g/mol. The van der Waals surface area contributed by atoms with E-state index in [9.17, 15) is 14.9 Å². The number of hydrogen-bond donors (Lipinski definition) is 1. The Morgan fingerprint density at radius 3 is 2.05 bits per heavy atom. The number of aryl methyl sites for hydroxylation is 1. The lowest BCUT2D eigenvalue weighted by Gasteiger charge is -2.41. The van der Waals surface area contributed by atoms with Gasteiger partial charge in [0.25, 0.3) is 14.4 Å². The molecule has 2 saturated heterocycles. The first-order chi connectivity index (χ1) is 30.4. The second-order valence-corrected chi connectivity index (χ2v) is 17.4. The number of carbonyl (C=O) groups is 1. The molecule has 2 fully saturated rings. The Balaban J connectivity index is 1.33. The average molecular weight is 876 g/mol. The fraction of sp³-hybridized carbons (Fsp3) is 0.375. The summed E-state index contributed by atoms with van der Waals surface area (Å²) in [7, 11) is 1.44. The number of ether oxygens (including phenoxy) is 5. The number of fused-ring (bicyclic) bond motifs is 2. The quantitative estimate of drug-likeness (QED) is 0.0484. The van der Waals surface area contributed by atoms with Gasteiger partial charge in [0.05, 0.1) is 46.5 Å². The van der Waals surface area contributed by atoms with Crippen LogP contribution in [0.5, 0.6) is 11.5 Å². The zero-order valence-electron chi connectivity index (χ0n) is 36.6. The zero-order chi connectivity index (χ0) is 44.7. The van der Waals surface area contributed by atoms with Crippen molar-refractivity contribution in [1.29, 1.82) is 5.26 Å². The lowest BCUT2D eigenvalue weighted by Crippen LogP contribution is -2.49. The van der Waals surface area contributed by atoms with Crippen LogP contribution in [-0.4, -0.2) is 84.1 Å². The third kappa shape index (κ3) is 9.42. The molecule has 1 aromatic heterocycles. The van der Waals surface area contributed by atoms with E-state index in [0.29, 0.717) is 22.6 Å². The number of benzene rings is 4. The highest BCUT2D eigenvalue weighted by atomic mass is 31.2. The number of anilines is 1. The van der Waals surface area contributed by atoms with Crippen LogP contribution in [0, 0.1) is 18.3 Å². The summed E-state index contributed by atoms with van der Waals surface area (Å²) in [5.41, 5.74) is 0.248. The molecule has 5 atom stereocenters. The predicted molar refractivity (Wildman–Crippen MR) is 239 cm³/mol. The zero-order valence-corrected chi connectivity index (χ0v) is 37.5. The normalized spacial score (nSPS) is 19.9. The molecule has 3 heterocycles. The second kappa shape index (κ2) is 19.9. The number of nitriles is 1. The Morgan fingerprint density at radius 2 is 1.49 bits per heavy atom. The Labute approximate surface area is 369 Å². The molecule has 2 bridgehead atoms. The van der Waals surface area contributed by atoms with E-state index in [1.165, 1.54) is 4.57 Å². The van der Waals surface area contributed by atoms with Crippen molar-refractivity contribution in [2.24, 2.45) is 0 Å². The van der Waals surface area contributed by atoms with Crippen molar-refractivity contribution in [2.75, 3.05) is 39.4 Å². The molecule has 0 aliphatic carbocycles. The highest BCUT2D eigenvalue weighted by Crippen LogP contribution is 2.56. The molecule has 5 aromatic rings. The average Bonchev–Trinajstić information content (AvgIpc) is 3.79. The van der Waals surface area contributed by atoms with Crippen molar-refractivity contribution in [3.8, 4) is 17.6 Å². The van der Waals surface area contributed by atoms with E-state index >= 15 is 0 Å². The molecule has 14 nitrogen and oxygen atoms in total. The highest BCUT2D eigenvalue weighted by molar-refractivity contribution is 7.44. The Kier molecular flexibility index (Phi) is 14.4. The number of rotatable bonds is 19. The largest absolute Gasteiger partial charge is 0.497 e. The highest BCUT2D eigenvalue weighted by Gasteiger charge is 2.65. The number of aromatic nitrogens is 2. The van der Waals surface area contributed by atoms with Gasteiger partial charge >= 0.3 is 5.69 Å². The first-order valence-electron chi connectivity index (χ1n) is 20.9. The minimum atomic E-state index is -1.80. The van der Waals surface area contributed by atoms with Crippen LogP contribution < -0.4 is 20.5 Å². The molecular weight excluding hydrogens is 822 g/mol. The second-order valence-electron chi connectivity index (χ2n) is 16.0. The van der Waals surface area contributed by atoms with Gasteiger partial charge in [-0.25, -0.2) is 9.46 Å². The van der Waals surface area contributed by atoms with Crippen LogP contribution in [0.2, 0.25) is 0 Å². The molecule has 0 radical (unpaired) electrons. The van der Waals surface area contributed by atoms with Gasteiger partial charge in [0, 0.05) is 29.4 Å². The summed E-state index contributed by atoms with van der Waals surface area (Å²) in [5.74, 6) is 1.10. The van der Waals surface area contributed by atoms with E-state index in [-0.39, 0.29) is 44.1 Å². The third-order valence-electron chi connectivity index (χ3n) is 11.2. The van der Waals surface area contributed by atoms with Crippen molar-refractivity contribution < 1.29 is 37.5 Å². The third-order valence-corrected chi connectivity index (χ3v) is 13.3. The number of methoxy groups -OCH3 is 2. The van der Waals surface area contributed by atoms with Crippen LogP contribution in [0.25, 0.3) is 0 Å². The molecule has 63 heavy (non-hydrogen) atoms. The van der Waals surface area contributed by atoms with Crippen LogP contribution in [-0.2, 0) is 28.9 Å². The molecule has 1 unspecified atom stereocenters. The summed E-state index contributed by atoms with van der Waals surface area (Å²) >= 11 is 0. The van der Waals surface area contributed by atoms with Crippen LogP contribution in [0.1, 0.15) is 73.0 Å². The van der Waals surface area contributed by atoms with Crippen molar-refractivity contribution in [3.63, 3.8) is 0 Å². The number of carbonyl (C=O) groups excluding carboxylic acids is 1. The molecule has 0 saturated carbocycles. The first kappa shape index (κ1) is 45.5. The SMILES string of the molecule is COc1ccc(C(OC[C@]23CO[C@H]([C@H](n4cc(C)c(NC(=O)c5ccccc5)nc4=O)O2)[C@H]3OP(OCCC#N)N(C(C)C)C(C)C)(c2ccccc2)c2ccc(OC)cc2)cc1. The summed E-state index contributed by atoms with van der Waals surface area (Å²) in [6, 6.07) is 36.3. The lowest BCUT2D eigenvalue weighted by atomic mass is 9.79. The number of nitrogens with one attached hydrogen (secondary N) is 1. The molecule has 0 spiro atoms. The van der Waals surface area contributed by atoms with E-state index in [0.717, 1.165) is 16.7 Å². The van der Waals surface area contributed by atoms with Gasteiger partial charge in [0.1, 0.15) is 40.7 Å². The van der Waals surface area contributed by atoms with Crippen LogP contribution in [0.4, 0.5) is 5.82 Å². The maximum absolute atomic E-state index is 14.1. The minimum Gasteiger partial charge on any atom is -0.497 e. The van der Waals surface area contributed by atoms with Gasteiger partial charge in [-0.05, 0) is 87.7 Å². The summed E-state index contributed by atoms with van der Waals surface area (Å²) in [4.78, 5) is 31.5. The number of hydrogen-bond acceptors (Lipinski definition) is 12. The minimum absolute atomic E-state index is 0.00562. The molecule has 2 aliphatic rings. The van der Waals surface area contributed by atoms with Gasteiger partial charge in [-0.2, -0.15) is 10.2 Å². The molecule has 7 rings (SSSR count). The van der Waals surface area contributed by atoms with Gasteiger partial charge in [-0.3, -0.25) is 9.36 Å². The van der Waals surface area contributed by atoms with Crippen molar-refractivity contribution in [1.82, 2.24) is 14.2 Å². The van der Waals surface area contributed by atoms with Gasteiger partial charge in [-0.15, -0.1) is 0 Å². The molecule has 1 N–H and O–H groups in total. The van der Waals surface area contributed by atoms with E-state index in [4.69, 9.17) is 32.7 Å². The number of nitrogens with zero attached hydrogens (tertiary/aromatic N) is 4. The topological polar surface area (TPSA) is 156 Å². The summed E-state index contributed by atoms with van der Waals surface area (Å²) in [6.45, 7) is 10.1. The Hall–Kier alpha value is -5.49. The molecule has 4 aromatic carbocycles. The fourth-order valence-corrected chi connectivity index (χ4v) is 10.0. The van der Waals surface area contributed by atoms with Crippen molar-refractivity contribution >= 4 is 20.3 Å². The Morgan fingerprint density at radius 1 is 0.921 bits per heavy atom. The molecule has 1 amide bonds. The maximum atomic E-state index is 14.1. The smallest absolute Gasteiger partial charge is 0.351 e.